The Balaban J connectivity index is 1.63. The quantitative estimate of drug-likeness (QED) is 0.178. The summed E-state index contributed by atoms with van der Waals surface area (Å²) in [7, 11) is 1.60. The molecule has 1 heterocycles. The van der Waals surface area contributed by atoms with Gasteiger partial charge in [0.1, 0.15) is 11.8 Å². The maximum atomic E-state index is 13.9. The SMILES string of the molecule is COc1ccc(NC(=O)[C@H]([C@H]2CC=CCC2)N(Cc2ccc(Cl)cc2)C(=O)CSc2nc(C)cc(C)n2)cc1. The van der Waals surface area contributed by atoms with Crippen LogP contribution >= 0.6 is 23.4 Å². The van der Waals surface area contributed by atoms with Gasteiger partial charge in [0, 0.05) is 28.6 Å². The van der Waals surface area contributed by atoms with Crippen molar-refractivity contribution >= 4 is 40.9 Å². The van der Waals surface area contributed by atoms with Crippen molar-refractivity contribution in [3.63, 3.8) is 0 Å². The Labute approximate surface area is 239 Å². The van der Waals surface area contributed by atoms with Gasteiger partial charge in [0.2, 0.25) is 11.8 Å². The van der Waals surface area contributed by atoms with Gasteiger partial charge in [0.15, 0.2) is 5.16 Å². The first-order chi connectivity index (χ1) is 18.8. The third kappa shape index (κ3) is 8.07. The summed E-state index contributed by atoms with van der Waals surface area (Å²) in [6.07, 6.45) is 6.64. The highest BCUT2D eigenvalue weighted by Gasteiger charge is 2.36. The molecule has 2 amide bonds. The molecule has 39 heavy (non-hydrogen) atoms. The third-order valence-electron chi connectivity index (χ3n) is 6.59. The van der Waals surface area contributed by atoms with Gasteiger partial charge in [-0.2, -0.15) is 0 Å². The number of amides is 2. The molecule has 0 aliphatic heterocycles. The van der Waals surface area contributed by atoms with Gasteiger partial charge < -0.3 is 15.0 Å². The zero-order valence-corrected chi connectivity index (χ0v) is 24.0. The number of carbonyl (C=O) groups excluding carboxylic acids is 2. The lowest BCUT2D eigenvalue weighted by Crippen LogP contribution is -2.51. The van der Waals surface area contributed by atoms with E-state index in [1.807, 2.05) is 32.0 Å². The molecular formula is C30H33ClN4O3S. The first kappa shape index (κ1) is 28.6. The minimum absolute atomic E-state index is 0.0213. The fourth-order valence-corrected chi connectivity index (χ4v) is 5.66. The van der Waals surface area contributed by atoms with Gasteiger partial charge in [0.05, 0.1) is 12.9 Å². The van der Waals surface area contributed by atoms with Crippen molar-refractivity contribution in [2.75, 3.05) is 18.2 Å². The molecule has 0 saturated carbocycles. The fourth-order valence-electron chi connectivity index (χ4n) is 4.70. The van der Waals surface area contributed by atoms with Crippen molar-refractivity contribution in [2.45, 2.75) is 50.9 Å². The first-order valence-corrected chi connectivity index (χ1v) is 14.3. The third-order valence-corrected chi connectivity index (χ3v) is 7.68. The van der Waals surface area contributed by atoms with Crippen LogP contribution in [0.1, 0.15) is 36.2 Å². The summed E-state index contributed by atoms with van der Waals surface area (Å²) in [5.74, 6) is 0.433. The fraction of sp³-hybridized carbons (Fsp3) is 0.333. The highest BCUT2D eigenvalue weighted by atomic mass is 35.5. The number of hydrogen-bond acceptors (Lipinski definition) is 6. The minimum atomic E-state index is -0.666. The van der Waals surface area contributed by atoms with Gasteiger partial charge >= 0.3 is 0 Å². The van der Waals surface area contributed by atoms with E-state index in [4.69, 9.17) is 16.3 Å². The van der Waals surface area contributed by atoms with Crippen LogP contribution in [0.2, 0.25) is 5.02 Å². The lowest BCUT2D eigenvalue weighted by Gasteiger charge is -2.37. The molecule has 0 spiro atoms. The molecule has 0 bridgehead atoms. The van der Waals surface area contributed by atoms with Crippen LogP contribution in [0.5, 0.6) is 5.75 Å². The first-order valence-electron chi connectivity index (χ1n) is 12.9. The van der Waals surface area contributed by atoms with Gasteiger partial charge in [-0.05, 0) is 87.1 Å². The summed E-state index contributed by atoms with van der Waals surface area (Å²) in [5.41, 5.74) is 3.24. The number of anilines is 1. The van der Waals surface area contributed by atoms with Crippen molar-refractivity contribution in [2.24, 2.45) is 5.92 Å². The van der Waals surface area contributed by atoms with E-state index in [1.54, 1.807) is 48.4 Å². The van der Waals surface area contributed by atoms with E-state index >= 15 is 0 Å². The molecular weight excluding hydrogens is 532 g/mol. The second kappa shape index (κ2) is 13.6. The molecule has 0 saturated heterocycles. The average Bonchev–Trinajstić information content (AvgIpc) is 2.93. The Morgan fingerprint density at radius 2 is 1.77 bits per heavy atom. The normalized spacial score (nSPS) is 15.4. The largest absolute Gasteiger partial charge is 0.497 e. The number of methoxy groups -OCH3 is 1. The summed E-state index contributed by atoms with van der Waals surface area (Å²) in [4.78, 5) is 38.4. The standard InChI is InChI=1S/C30H33ClN4O3S/c1-20-17-21(2)33-30(32-20)39-19-27(36)35(18-22-9-11-24(31)12-10-22)28(23-7-5-4-6-8-23)29(37)34-25-13-15-26(38-3)16-14-25/h4-5,9-17,23,28H,6-8,18-19H2,1-3H3,(H,34,37)/t23-,28-/m0/s1. The van der Waals surface area contributed by atoms with E-state index in [-0.39, 0.29) is 30.0 Å². The Morgan fingerprint density at radius 1 is 1.08 bits per heavy atom. The molecule has 1 aliphatic rings. The predicted molar refractivity (Wildman–Crippen MR) is 156 cm³/mol. The average molecular weight is 565 g/mol. The molecule has 7 nitrogen and oxygen atoms in total. The number of ether oxygens (including phenoxy) is 1. The maximum Gasteiger partial charge on any atom is 0.247 e. The summed E-state index contributed by atoms with van der Waals surface area (Å²) in [6, 6.07) is 15.8. The van der Waals surface area contributed by atoms with Crippen LogP contribution in [-0.2, 0) is 16.1 Å². The second-order valence-electron chi connectivity index (χ2n) is 9.58. The number of rotatable bonds is 10. The Bertz CT molecular complexity index is 1290. The lowest BCUT2D eigenvalue weighted by molar-refractivity contribution is -0.139. The highest BCUT2D eigenvalue weighted by Crippen LogP contribution is 2.29. The van der Waals surface area contributed by atoms with E-state index in [0.29, 0.717) is 21.6 Å². The monoisotopic (exact) mass is 564 g/mol. The highest BCUT2D eigenvalue weighted by molar-refractivity contribution is 7.99. The molecule has 1 N–H and O–H groups in total. The molecule has 3 aromatic rings. The zero-order chi connectivity index (χ0) is 27.8. The minimum Gasteiger partial charge on any atom is -0.497 e. The molecule has 1 aromatic heterocycles. The molecule has 0 unspecified atom stereocenters. The molecule has 4 rings (SSSR count). The van der Waals surface area contributed by atoms with Crippen molar-refractivity contribution in [1.82, 2.24) is 14.9 Å². The van der Waals surface area contributed by atoms with Crippen molar-refractivity contribution in [3.8, 4) is 5.75 Å². The number of benzene rings is 2. The number of carbonyl (C=O) groups is 2. The van der Waals surface area contributed by atoms with Crippen LogP contribution in [0.15, 0.2) is 71.9 Å². The van der Waals surface area contributed by atoms with E-state index in [9.17, 15) is 9.59 Å². The van der Waals surface area contributed by atoms with Gasteiger partial charge in [-0.1, -0.05) is 47.6 Å². The summed E-state index contributed by atoms with van der Waals surface area (Å²) >= 11 is 7.41. The van der Waals surface area contributed by atoms with Crippen LogP contribution in [0.4, 0.5) is 5.69 Å². The molecule has 2 aromatic carbocycles. The zero-order valence-electron chi connectivity index (χ0n) is 22.4. The van der Waals surface area contributed by atoms with Crippen LogP contribution in [-0.4, -0.2) is 45.6 Å². The Hall–Kier alpha value is -3.36. The van der Waals surface area contributed by atoms with Gasteiger partial charge in [-0.3, -0.25) is 9.59 Å². The van der Waals surface area contributed by atoms with E-state index < -0.39 is 6.04 Å². The topological polar surface area (TPSA) is 84.4 Å². The molecule has 204 valence electrons. The lowest BCUT2D eigenvalue weighted by atomic mass is 9.86. The number of aryl methyl sites for hydroxylation is 2. The summed E-state index contributed by atoms with van der Waals surface area (Å²) in [6.45, 7) is 4.10. The smallest absolute Gasteiger partial charge is 0.247 e. The number of thioether (sulfide) groups is 1. The van der Waals surface area contributed by atoms with Crippen LogP contribution in [0.25, 0.3) is 0 Å². The molecule has 0 fully saturated rings. The predicted octanol–water partition coefficient (Wildman–Crippen LogP) is 6.24. The van der Waals surface area contributed by atoms with Crippen molar-refractivity contribution in [3.05, 3.63) is 88.7 Å². The number of halogens is 1. The number of aromatic nitrogens is 2. The van der Waals surface area contributed by atoms with Crippen LogP contribution in [0.3, 0.4) is 0 Å². The van der Waals surface area contributed by atoms with Gasteiger partial charge in [0.25, 0.3) is 0 Å². The number of allylic oxidation sites excluding steroid dienone is 2. The molecule has 9 heteroatoms. The molecule has 0 radical (unpaired) electrons. The van der Waals surface area contributed by atoms with Gasteiger partial charge in [-0.25, -0.2) is 9.97 Å². The van der Waals surface area contributed by atoms with Crippen LogP contribution < -0.4 is 10.1 Å². The maximum absolute atomic E-state index is 13.9. The van der Waals surface area contributed by atoms with E-state index in [2.05, 4.69) is 27.4 Å². The summed E-state index contributed by atoms with van der Waals surface area (Å²) < 4.78 is 5.24. The Morgan fingerprint density at radius 3 is 2.38 bits per heavy atom. The number of nitrogens with zero attached hydrogens (tertiary/aromatic N) is 3. The van der Waals surface area contributed by atoms with Crippen LogP contribution in [0, 0.1) is 19.8 Å². The van der Waals surface area contributed by atoms with Crippen molar-refractivity contribution in [1.29, 1.82) is 0 Å². The van der Waals surface area contributed by atoms with Gasteiger partial charge in [-0.15, -0.1) is 0 Å². The van der Waals surface area contributed by atoms with E-state index in [0.717, 1.165) is 36.2 Å². The second-order valence-corrected chi connectivity index (χ2v) is 11.0. The molecule has 1 aliphatic carbocycles. The van der Waals surface area contributed by atoms with E-state index in [1.165, 1.54) is 11.8 Å². The summed E-state index contributed by atoms with van der Waals surface area (Å²) in [5, 5.41) is 4.21. The van der Waals surface area contributed by atoms with Crippen molar-refractivity contribution < 1.29 is 14.3 Å². The number of hydrogen-bond donors (Lipinski definition) is 1. The molecule has 2 atom stereocenters. The Kier molecular flexibility index (Phi) is 10.0. The number of nitrogens with one attached hydrogen (secondary N) is 1.